The lowest BCUT2D eigenvalue weighted by atomic mass is 10.1. The van der Waals surface area contributed by atoms with E-state index < -0.39 is 6.04 Å². The van der Waals surface area contributed by atoms with Gasteiger partial charge in [0.15, 0.2) is 6.61 Å². The molecule has 0 aromatic heterocycles. The summed E-state index contributed by atoms with van der Waals surface area (Å²) in [5, 5.41) is 3.16. The first-order chi connectivity index (χ1) is 16.4. The Bertz CT molecular complexity index is 958. The van der Waals surface area contributed by atoms with Crippen molar-refractivity contribution in [3.8, 4) is 11.5 Å². The van der Waals surface area contributed by atoms with Crippen LogP contribution in [-0.2, 0) is 22.6 Å². The Balaban J connectivity index is 1.76. The third-order valence-electron chi connectivity index (χ3n) is 6.36. The van der Waals surface area contributed by atoms with Crippen molar-refractivity contribution < 1.29 is 19.1 Å². The second kappa shape index (κ2) is 12.8. The first kappa shape index (κ1) is 26.1. The maximum atomic E-state index is 13.4. The van der Waals surface area contributed by atoms with Gasteiger partial charge in [-0.3, -0.25) is 9.59 Å². The molecule has 3 rings (SSSR count). The molecule has 0 bridgehead atoms. The highest BCUT2D eigenvalue weighted by molar-refractivity contribution is 9.10. The Labute approximate surface area is 211 Å². The molecule has 0 unspecified atom stereocenters. The minimum atomic E-state index is -0.565. The van der Waals surface area contributed by atoms with Gasteiger partial charge in [-0.25, -0.2) is 0 Å². The number of carbonyl (C=O) groups excluding carboxylic acids is 2. The maximum Gasteiger partial charge on any atom is 0.261 e. The van der Waals surface area contributed by atoms with Crippen LogP contribution in [0.3, 0.4) is 0 Å². The molecular formula is C27H35BrN2O4. The number of halogens is 1. The normalized spacial score (nSPS) is 14.5. The molecule has 0 radical (unpaired) electrons. The molecule has 1 aliphatic rings. The van der Waals surface area contributed by atoms with Gasteiger partial charge < -0.3 is 19.7 Å². The van der Waals surface area contributed by atoms with Crippen molar-refractivity contribution in [1.82, 2.24) is 10.2 Å². The second-order valence-corrected chi connectivity index (χ2v) is 9.55. The molecule has 1 fully saturated rings. The van der Waals surface area contributed by atoms with E-state index in [1.807, 2.05) is 49.4 Å². The SMILES string of the molecule is CCc1ccc(OCC(=O)N(Cc2ccc(OC)cc2)[C@H](CC)C(=O)NC2CCCC2)c(Br)c1. The lowest BCUT2D eigenvalue weighted by Gasteiger charge is -2.31. The average Bonchev–Trinajstić information content (AvgIpc) is 3.36. The summed E-state index contributed by atoms with van der Waals surface area (Å²) < 4.78 is 11.9. The van der Waals surface area contributed by atoms with E-state index >= 15 is 0 Å². The third-order valence-corrected chi connectivity index (χ3v) is 6.97. The van der Waals surface area contributed by atoms with Crippen LogP contribution in [0.5, 0.6) is 11.5 Å². The molecule has 1 atom stereocenters. The Morgan fingerprint density at radius 3 is 2.35 bits per heavy atom. The van der Waals surface area contributed by atoms with Crippen LogP contribution in [-0.4, -0.2) is 42.5 Å². The molecule has 6 nitrogen and oxygen atoms in total. The summed E-state index contributed by atoms with van der Waals surface area (Å²) in [6.45, 7) is 4.20. The van der Waals surface area contributed by atoms with Crippen LogP contribution in [0.1, 0.15) is 57.1 Å². The molecule has 34 heavy (non-hydrogen) atoms. The standard InChI is InChI=1S/C27H35BrN2O4/c1-4-19-12-15-25(23(28)16-19)34-18-26(31)30(17-20-10-13-22(33-3)14-11-20)24(5-2)27(32)29-21-8-6-7-9-21/h10-16,21,24H,4-9,17-18H2,1-3H3,(H,29,32)/t24-/m1/s1. The number of rotatable bonds is 11. The molecule has 184 valence electrons. The molecule has 2 aromatic rings. The smallest absolute Gasteiger partial charge is 0.261 e. The first-order valence-corrected chi connectivity index (χ1v) is 12.9. The fourth-order valence-electron chi connectivity index (χ4n) is 4.32. The zero-order chi connectivity index (χ0) is 24.5. The molecule has 1 aliphatic carbocycles. The molecule has 7 heteroatoms. The second-order valence-electron chi connectivity index (χ2n) is 8.69. The van der Waals surface area contributed by atoms with Gasteiger partial charge in [-0.2, -0.15) is 0 Å². The van der Waals surface area contributed by atoms with Crippen LogP contribution in [0, 0.1) is 0 Å². The van der Waals surface area contributed by atoms with Crippen LogP contribution in [0.4, 0.5) is 0 Å². The lowest BCUT2D eigenvalue weighted by molar-refractivity contribution is -0.143. The summed E-state index contributed by atoms with van der Waals surface area (Å²) in [4.78, 5) is 28.2. The predicted octanol–water partition coefficient (Wildman–Crippen LogP) is 5.27. The van der Waals surface area contributed by atoms with E-state index in [0.29, 0.717) is 18.7 Å². The molecule has 1 N–H and O–H groups in total. The lowest BCUT2D eigenvalue weighted by Crippen LogP contribution is -2.52. The van der Waals surface area contributed by atoms with Crippen molar-refractivity contribution in [2.75, 3.05) is 13.7 Å². The Hall–Kier alpha value is -2.54. The van der Waals surface area contributed by atoms with Gasteiger partial charge in [0, 0.05) is 12.6 Å². The van der Waals surface area contributed by atoms with Crippen molar-refractivity contribution in [3.05, 3.63) is 58.1 Å². The van der Waals surface area contributed by atoms with Crippen LogP contribution in [0.15, 0.2) is 46.9 Å². The number of ether oxygens (including phenoxy) is 2. The van der Waals surface area contributed by atoms with E-state index in [4.69, 9.17) is 9.47 Å². The number of hydrogen-bond donors (Lipinski definition) is 1. The summed E-state index contributed by atoms with van der Waals surface area (Å²) in [6.07, 6.45) is 5.71. The molecule has 2 aromatic carbocycles. The number of aryl methyl sites for hydroxylation is 1. The van der Waals surface area contributed by atoms with Crippen molar-refractivity contribution in [3.63, 3.8) is 0 Å². The first-order valence-electron chi connectivity index (χ1n) is 12.1. The fraction of sp³-hybridized carbons (Fsp3) is 0.481. The minimum Gasteiger partial charge on any atom is -0.497 e. The number of hydrogen-bond acceptors (Lipinski definition) is 4. The summed E-state index contributed by atoms with van der Waals surface area (Å²) >= 11 is 3.53. The van der Waals surface area contributed by atoms with Gasteiger partial charge in [-0.15, -0.1) is 0 Å². The number of benzene rings is 2. The van der Waals surface area contributed by atoms with Gasteiger partial charge in [0.2, 0.25) is 5.91 Å². The van der Waals surface area contributed by atoms with E-state index in [1.165, 1.54) is 5.56 Å². The van der Waals surface area contributed by atoms with Gasteiger partial charge >= 0.3 is 0 Å². The summed E-state index contributed by atoms with van der Waals surface area (Å²) in [5.41, 5.74) is 2.11. The molecule has 0 spiro atoms. The molecule has 0 heterocycles. The van der Waals surface area contributed by atoms with Gasteiger partial charge in [0.05, 0.1) is 11.6 Å². The van der Waals surface area contributed by atoms with Crippen molar-refractivity contribution in [2.45, 2.75) is 71.0 Å². The largest absolute Gasteiger partial charge is 0.497 e. The molecule has 1 saturated carbocycles. The molecule has 2 amide bonds. The van der Waals surface area contributed by atoms with Gasteiger partial charge in [0.1, 0.15) is 17.5 Å². The number of nitrogens with zero attached hydrogens (tertiary/aromatic N) is 1. The summed E-state index contributed by atoms with van der Waals surface area (Å²) in [7, 11) is 1.62. The zero-order valence-electron chi connectivity index (χ0n) is 20.3. The Morgan fingerprint density at radius 2 is 1.76 bits per heavy atom. The third kappa shape index (κ3) is 6.98. The molecular weight excluding hydrogens is 496 g/mol. The predicted molar refractivity (Wildman–Crippen MR) is 137 cm³/mol. The number of methoxy groups -OCH3 is 1. The van der Waals surface area contributed by atoms with Crippen molar-refractivity contribution in [1.29, 1.82) is 0 Å². The fourth-order valence-corrected chi connectivity index (χ4v) is 4.86. The summed E-state index contributed by atoms with van der Waals surface area (Å²) in [5.74, 6) is 1.04. The number of carbonyl (C=O) groups is 2. The molecule has 0 saturated heterocycles. The van der Waals surface area contributed by atoms with Crippen LogP contribution < -0.4 is 14.8 Å². The topological polar surface area (TPSA) is 67.9 Å². The van der Waals surface area contributed by atoms with Crippen molar-refractivity contribution >= 4 is 27.7 Å². The van der Waals surface area contributed by atoms with Crippen LogP contribution in [0.2, 0.25) is 0 Å². The quantitative estimate of drug-likeness (QED) is 0.429. The number of nitrogens with one attached hydrogen (secondary N) is 1. The summed E-state index contributed by atoms with van der Waals surface area (Å²) in [6, 6.07) is 13.1. The van der Waals surface area contributed by atoms with Crippen LogP contribution >= 0.6 is 15.9 Å². The minimum absolute atomic E-state index is 0.0928. The van der Waals surface area contributed by atoms with E-state index in [2.05, 4.69) is 28.2 Å². The zero-order valence-corrected chi connectivity index (χ0v) is 21.9. The highest BCUT2D eigenvalue weighted by Gasteiger charge is 2.31. The highest BCUT2D eigenvalue weighted by atomic mass is 79.9. The highest BCUT2D eigenvalue weighted by Crippen LogP contribution is 2.27. The van der Waals surface area contributed by atoms with Crippen molar-refractivity contribution in [2.24, 2.45) is 0 Å². The van der Waals surface area contributed by atoms with E-state index in [1.54, 1.807) is 12.0 Å². The van der Waals surface area contributed by atoms with E-state index in [-0.39, 0.29) is 24.5 Å². The average molecular weight is 531 g/mol. The van der Waals surface area contributed by atoms with Gasteiger partial charge in [-0.05, 0) is 77.0 Å². The van der Waals surface area contributed by atoms with E-state index in [0.717, 1.165) is 47.9 Å². The Morgan fingerprint density at radius 1 is 1.09 bits per heavy atom. The molecule has 0 aliphatic heterocycles. The monoisotopic (exact) mass is 530 g/mol. The number of amides is 2. The van der Waals surface area contributed by atoms with E-state index in [9.17, 15) is 9.59 Å². The van der Waals surface area contributed by atoms with Gasteiger partial charge in [0.25, 0.3) is 5.91 Å². The maximum absolute atomic E-state index is 13.4. The Kier molecular flexibility index (Phi) is 9.81. The van der Waals surface area contributed by atoms with Gasteiger partial charge in [-0.1, -0.05) is 44.9 Å². The van der Waals surface area contributed by atoms with Crippen LogP contribution in [0.25, 0.3) is 0 Å².